The largest absolute Gasteiger partial charge is 0.494 e. The topological polar surface area (TPSA) is 107 Å². The molecule has 1 aromatic heterocycles. The molecule has 35 heavy (non-hydrogen) atoms. The second-order valence-corrected chi connectivity index (χ2v) is 8.00. The van der Waals surface area contributed by atoms with Crippen LogP contribution < -0.4 is 5.32 Å². The van der Waals surface area contributed by atoms with E-state index in [4.69, 9.17) is 9.73 Å². The van der Waals surface area contributed by atoms with E-state index < -0.39 is 5.97 Å². The number of H-pyrrole nitrogens is 1. The number of ether oxygens (including phenoxy) is 1. The van der Waals surface area contributed by atoms with Gasteiger partial charge in [-0.15, -0.1) is 0 Å². The first-order chi connectivity index (χ1) is 16.9. The van der Waals surface area contributed by atoms with Crippen LogP contribution in [-0.4, -0.2) is 53.9 Å². The summed E-state index contributed by atoms with van der Waals surface area (Å²) in [6.45, 7) is 0.459. The second kappa shape index (κ2) is 10.1. The van der Waals surface area contributed by atoms with Crippen molar-refractivity contribution in [2.45, 2.75) is 6.54 Å². The summed E-state index contributed by atoms with van der Waals surface area (Å²) in [6, 6.07) is 22.1. The fourth-order valence-electron chi connectivity index (χ4n) is 3.87. The van der Waals surface area contributed by atoms with Gasteiger partial charge in [-0.2, -0.15) is 0 Å². The van der Waals surface area contributed by atoms with Gasteiger partial charge in [0.05, 0.1) is 29.6 Å². The zero-order chi connectivity index (χ0) is 24.9. The molecule has 0 spiro atoms. The number of fused-ring (bicyclic) bond motifs is 1. The summed E-state index contributed by atoms with van der Waals surface area (Å²) >= 11 is 0. The lowest BCUT2D eigenvalue weighted by Gasteiger charge is -2.16. The summed E-state index contributed by atoms with van der Waals surface area (Å²) in [6.07, 6.45) is 0. The fourth-order valence-corrected chi connectivity index (χ4v) is 3.87. The van der Waals surface area contributed by atoms with Gasteiger partial charge in [-0.1, -0.05) is 48.5 Å². The standard InChI is InChI=1S/C27H26N4O4/c1-28-27(34)31(2)16-17-9-12-20(13-10-17)29-24(18-7-5-4-6-8-18)23-21-14-11-19(26(33)35-3)15-22(21)30-25(23)32/h4-15,30,32H,16H2,1-3H3,(H,28,34). The molecule has 8 nitrogen and oxygen atoms in total. The summed E-state index contributed by atoms with van der Waals surface area (Å²) < 4.78 is 4.81. The highest BCUT2D eigenvalue weighted by Crippen LogP contribution is 2.32. The molecule has 0 aliphatic carbocycles. The number of esters is 1. The van der Waals surface area contributed by atoms with E-state index in [2.05, 4.69) is 10.3 Å². The van der Waals surface area contributed by atoms with Crippen molar-refractivity contribution >= 4 is 34.3 Å². The van der Waals surface area contributed by atoms with E-state index in [1.807, 2.05) is 54.6 Å². The monoisotopic (exact) mass is 470 g/mol. The predicted molar refractivity (Wildman–Crippen MR) is 135 cm³/mol. The van der Waals surface area contributed by atoms with Gasteiger partial charge in [-0.25, -0.2) is 14.6 Å². The Balaban J connectivity index is 1.77. The Labute approximate surface area is 202 Å². The van der Waals surface area contributed by atoms with Crippen molar-refractivity contribution < 1.29 is 19.4 Å². The van der Waals surface area contributed by atoms with E-state index in [1.165, 1.54) is 7.11 Å². The number of benzene rings is 3. The van der Waals surface area contributed by atoms with Crippen molar-refractivity contribution in [2.24, 2.45) is 4.99 Å². The van der Waals surface area contributed by atoms with Crippen LogP contribution in [0.25, 0.3) is 10.9 Å². The van der Waals surface area contributed by atoms with Crippen molar-refractivity contribution in [1.29, 1.82) is 0 Å². The molecule has 0 aliphatic rings. The first kappa shape index (κ1) is 23.6. The number of nitrogens with one attached hydrogen (secondary N) is 2. The number of urea groups is 1. The number of methoxy groups -OCH3 is 1. The first-order valence-electron chi connectivity index (χ1n) is 11.0. The Kier molecular flexibility index (Phi) is 6.82. The number of aromatic amines is 1. The number of hydrogen-bond donors (Lipinski definition) is 3. The van der Waals surface area contributed by atoms with Gasteiger partial charge in [-0.05, 0) is 29.8 Å². The van der Waals surface area contributed by atoms with Crippen molar-refractivity contribution in [2.75, 3.05) is 21.2 Å². The number of nitrogens with zero attached hydrogens (tertiary/aromatic N) is 2. The van der Waals surface area contributed by atoms with E-state index in [-0.39, 0.29) is 11.9 Å². The maximum atomic E-state index is 11.9. The number of carbonyl (C=O) groups excluding carboxylic acids is 2. The molecule has 0 aliphatic heterocycles. The third-order valence-electron chi connectivity index (χ3n) is 5.64. The van der Waals surface area contributed by atoms with Gasteiger partial charge in [0.2, 0.25) is 0 Å². The highest BCUT2D eigenvalue weighted by molar-refractivity contribution is 6.22. The molecule has 0 unspecified atom stereocenters. The van der Waals surface area contributed by atoms with Gasteiger partial charge < -0.3 is 25.0 Å². The molecule has 178 valence electrons. The fraction of sp³-hybridized carbons (Fsp3) is 0.148. The third-order valence-corrected chi connectivity index (χ3v) is 5.64. The maximum absolute atomic E-state index is 11.9. The van der Waals surface area contributed by atoms with Crippen LogP contribution in [0.4, 0.5) is 10.5 Å². The molecule has 3 aromatic carbocycles. The molecule has 0 bridgehead atoms. The van der Waals surface area contributed by atoms with Crippen molar-refractivity contribution in [3.63, 3.8) is 0 Å². The minimum Gasteiger partial charge on any atom is -0.494 e. The van der Waals surface area contributed by atoms with Crippen LogP contribution in [-0.2, 0) is 11.3 Å². The van der Waals surface area contributed by atoms with Crippen molar-refractivity contribution in [3.8, 4) is 5.88 Å². The molecule has 1 heterocycles. The second-order valence-electron chi connectivity index (χ2n) is 8.00. The Morgan fingerprint density at radius 3 is 2.40 bits per heavy atom. The van der Waals surface area contributed by atoms with E-state index in [0.717, 1.165) is 16.5 Å². The molecule has 2 amide bonds. The normalized spacial score (nSPS) is 11.3. The Morgan fingerprint density at radius 1 is 1.03 bits per heavy atom. The predicted octanol–water partition coefficient (Wildman–Crippen LogP) is 4.60. The summed E-state index contributed by atoms with van der Waals surface area (Å²) in [5.74, 6) is -0.505. The van der Waals surface area contributed by atoms with Crippen LogP contribution in [0.5, 0.6) is 5.88 Å². The van der Waals surface area contributed by atoms with Gasteiger partial charge in [0.1, 0.15) is 0 Å². The van der Waals surface area contributed by atoms with Gasteiger partial charge in [-0.3, -0.25) is 0 Å². The molecule has 3 N–H and O–H groups in total. The van der Waals surface area contributed by atoms with Crippen LogP contribution in [0.15, 0.2) is 77.8 Å². The summed E-state index contributed by atoms with van der Waals surface area (Å²) in [5.41, 5.74) is 4.56. The van der Waals surface area contributed by atoms with E-state index >= 15 is 0 Å². The number of aliphatic imine (C=N–C) groups is 1. The van der Waals surface area contributed by atoms with Gasteiger partial charge in [0, 0.05) is 37.1 Å². The number of aromatic nitrogens is 1. The molecule has 0 atom stereocenters. The average Bonchev–Trinajstić information content (AvgIpc) is 3.22. The smallest absolute Gasteiger partial charge is 0.337 e. The van der Waals surface area contributed by atoms with Gasteiger partial charge in [0.25, 0.3) is 0 Å². The SMILES string of the molecule is CNC(=O)N(C)Cc1ccc(N=C(c2ccccc2)c2c(O)[nH]c3cc(C(=O)OC)ccc23)cc1. The quantitative estimate of drug-likeness (QED) is 0.283. The Hall–Kier alpha value is -4.59. The molecule has 0 fully saturated rings. The number of hydrogen-bond acceptors (Lipinski definition) is 5. The molecular weight excluding hydrogens is 444 g/mol. The lowest BCUT2D eigenvalue weighted by atomic mass is 10.00. The molecule has 8 heteroatoms. The summed E-state index contributed by atoms with van der Waals surface area (Å²) in [7, 11) is 4.65. The lowest BCUT2D eigenvalue weighted by molar-refractivity contribution is 0.0601. The zero-order valence-corrected chi connectivity index (χ0v) is 19.7. The van der Waals surface area contributed by atoms with Crippen LogP contribution >= 0.6 is 0 Å². The summed E-state index contributed by atoms with van der Waals surface area (Å²) in [4.78, 5) is 33.1. The van der Waals surface area contributed by atoms with E-state index in [9.17, 15) is 14.7 Å². The minimum absolute atomic E-state index is 0.0477. The maximum Gasteiger partial charge on any atom is 0.337 e. The van der Waals surface area contributed by atoms with Crippen molar-refractivity contribution in [3.05, 3.63) is 95.1 Å². The molecule has 4 aromatic rings. The van der Waals surface area contributed by atoms with E-state index in [1.54, 1.807) is 37.2 Å². The summed E-state index contributed by atoms with van der Waals surface area (Å²) in [5, 5.41) is 14.2. The number of carbonyl (C=O) groups is 2. The van der Waals surface area contributed by atoms with Crippen LogP contribution in [0.2, 0.25) is 0 Å². The average molecular weight is 471 g/mol. The molecule has 0 radical (unpaired) electrons. The molecule has 0 saturated heterocycles. The number of rotatable bonds is 6. The van der Waals surface area contributed by atoms with Crippen LogP contribution in [0, 0.1) is 0 Å². The highest BCUT2D eigenvalue weighted by atomic mass is 16.5. The minimum atomic E-state index is -0.457. The van der Waals surface area contributed by atoms with Gasteiger partial charge in [0.15, 0.2) is 5.88 Å². The van der Waals surface area contributed by atoms with E-state index in [0.29, 0.717) is 34.6 Å². The Morgan fingerprint density at radius 2 is 1.74 bits per heavy atom. The molecule has 0 saturated carbocycles. The third kappa shape index (κ3) is 5.01. The van der Waals surface area contributed by atoms with Gasteiger partial charge >= 0.3 is 12.0 Å². The molecular formula is C27H26N4O4. The molecule has 4 rings (SSSR count). The first-order valence-corrected chi connectivity index (χ1v) is 11.0. The lowest BCUT2D eigenvalue weighted by Crippen LogP contribution is -2.34. The van der Waals surface area contributed by atoms with Crippen molar-refractivity contribution in [1.82, 2.24) is 15.2 Å². The zero-order valence-electron chi connectivity index (χ0n) is 19.7. The van der Waals surface area contributed by atoms with Crippen LogP contribution in [0.1, 0.15) is 27.0 Å². The number of aromatic hydroxyl groups is 1. The Bertz CT molecular complexity index is 1390. The number of amides is 2. The highest BCUT2D eigenvalue weighted by Gasteiger charge is 2.20. The van der Waals surface area contributed by atoms with Crippen LogP contribution in [0.3, 0.4) is 0 Å².